The maximum atomic E-state index is 9.37. The van der Waals surface area contributed by atoms with Gasteiger partial charge in [-0.1, -0.05) is 18.2 Å². The molecule has 0 fully saturated rings. The molecule has 0 amide bonds. The molecule has 0 spiro atoms. The Morgan fingerprint density at radius 1 is 1.45 bits per heavy atom. The Kier molecular flexibility index (Phi) is 2.88. The van der Waals surface area contributed by atoms with Crippen LogP contribution in [0.5, 0.6) is 0 Å². The van der Waals surface area contributed by atoms with Crippen molar-refractivity contribution in [1.82, 2.24) is 9.38 Å². The number of pyridine rings is 1. The first kappa shape index (κ1) is 12.2. The van der Waals surface area contributed by atoms with Crippen LogP contribution in [-0.4, -0.2) is 15.9 Å². The minimum atomic E-state index is 0.616. The molecule has 1 N–H and O–H groups in total. The Bertz CT molecular complexity index is 852. The average molecular weight is 262 g/mol. The summed E-state index contributed by atoms with van der Waals surface area (Å²) in [6, 6.07) is 12.1. The van der Waals surface area contributed by atoms with Gasteiger partial charge >= 0.3 is 0 Å². The maximum absolute atomic E-state index is 9.37. The van der Waals surface area contributed by atoms with Crippen molar-refractivity contribution in [3.63, 3.8) is 0 Å². The van der Waals surface area contributed by atoms with E-state index in [1.807, 2.05) is 41.7 Å². The average Bonchev–Trinajstić information content (AvgIpc) is 2.84. The van der Waals surface area contributed by atoms with Gasteiger partial charge in [0.05, 0.1) is 16.6 Å². The van der Waals surface area contributed by atoms with Crippen molar-refractivity contribution in [2.75, 3.05) is 11.9 Å². The maximum Gasteiger partial charge on any atom is 0.157 e. The third-order valence-electron chi connectivity index (χ3n) is 3.31. The summed E-state index contributed by atoms with van der Waals surface area (Å²) in [4.78, 5) is 4.59. The Morgan fingerprint density at radius 2 is 2.25 bits per heavy atom. The molecule has 0 aliphatic heterocycles. The zero-order chi connectivity index (χ0) is 14.1. The summed E-state index contributed by atoms with van der Waals surface area (Å²) in [5.74, 6) is 0.921. The van der Waals surface area contributed by atoms with E-state index in [2.05, 4.69) is 22.9 Å². The predicted octanol–water partition coefficient (Wildman–Crippen LogP) is 3.27. The van der Waals surface area contributed by atoms with Crippen molar-refractivity contribution in [3.05, 3.63) is 54.1 Å². The van der Waals surface area contributed by atoms with Gasteiger partial charge in [-0.2, -0.15) is 5.26 Å². The number of aromatic nitrogens is 2. The largest absolute Gasteiger partial charge is 0.368 e. The first-order valence-electron chi connectivity index (χ1n) is 6.42. The summed E-state index contributed by atoms with van der Waals surface area (Å²) < 4.78 is 1.99. The minimum Gasteiger partial charge on any atom is -0.368 e. The Morgan fingerprint density at radius 3 is 3.00 bits per heavy atom. The molecule has 0 unspecified atom stereocenters. The van der Waals surface area contributed by atoms with Gasteiger partial charge in [0.25, 0.3) is 0 Å². The number of fused-ring (bicyclic) bond motifs is 3. The molecule has 2 heterocycles. The molecule has 0 radical (unpaired) electrons. The second-order valence-electron chi connectivity index (χ2n) is 4.63. The van der Waals surface area contributed by atoms with Crippen LogP contribution in [0.15, 0.2) is 43.0 Å². The van der Waals surface area contributed by atoms with Gasteiger partial charge in [-0.15, -0.1) is 6.58 Å². The lowest BCUT2D eigenvalue weighted by atomic mass is 10.1. The molecule has 0 saturated carbocycles. The third kappa shape index (κ3) is 1.72. The smallest absolute Gasteiger partial charge is 0.157 e. The molecule has 2 aromatic heterocycles. The number of aryl methyl sites for hydroxylation is 1. The zero-order valence-corrected chi connectivity index (χ0v) is 11.2. The molecule has 1 aromatic carbocycles. The lowest BCUT2D eigenvalue weighted by molar-refractivity contribution is 1.15. The van der Waals surface area contributed by atoms with Crippen molar-refractivity contribution in [2.24, 2.45) is 0 Å². The van der Waals surface area contributed by atoms with Crippen LogP contribution in [0.2, 0.25) is 0 Å². The zero-order valence-electron chi connectivity index (χ0n) is 11.2. The van der Waals surface area contributed by atoms with Crippen LogP contribution in [0.4, 0.5) is 5.82 Å². The number of nitrogens with one attached hydrogen (secondary N) is 1. The summed E-state index contributed by atoms with van der Waals surface area (Å²) in [5, 5.41) is 12.7. The molecule has 0 aliphatic rings. The van der Waals surface area contributed by atoms with Crippen LogP contribution in [0.3, 0.4) is 0 Å². The molecule has 4 heteroatoms. The molecule has 20 heavy (non-hydrogen) atoms. The molecular weight excluding hydrogens is 248 g/mol. The SMILES string of the molecule is C=CCNc1cc(C)c(C#N)c2nc3ccccc3n12. The van der Waals surface area contributed by atoms with Gasteiger partial charge in [0.1, 0.15) is 11.9 Å². The number of imidazole rings is 1. The predicted molar refractivity (Wildman–Crippen MR) is 80.8 cm³/mol. The molecule has 3 rings (SSSR count). The first-order chi connectivity index (χ1) is 9.76. The highest BCUT2D eigenvalue weighted by Crippen LogP contribution is 2.26. The fourth-order valence-electron chi connectivity index (χ4n) is 2.40. The summed E-state index contributed by atoms with van der Waals surface area (Å²) in [6.45, 7) is 6.31. The van der Waals surface area contributed by atoms with E-state index < -0.39 is 0 Å². The van der Waals surface area contributed by atoms with Crippen molar-refractivity contribution < 1.29 is 0 Å². The number of hydrogen-bond acceptors (Lipinski definition) is 3. The van der Waals surface area contributed by atoms with E-state index in [4.69, 9.17) is 0 Å². The fourth-order valence-corrected chi connectivity index (χ4v) is 2.40. The number of benzene rings is 1. The van der Waals surface area contributed by atoms with E-state index in [9.17, 15) is 5.26 Å². The van der Waals surface area contributed by atoms with Gasteiger partial charge in [0.15, 0.2) is 5.65 Å². The van der Waals surface area contributed by atoms with Crippen molar-refractivity contribution >= 4 is 22.5 Å². The quantitative estimate of drug-likeness (QED) is 0.737. The van der Waals surface area contributed by atoms with Gasteiger partial charge in [0.2, 0.25) is 0 Å². The van der Waals surface area contributed by atoms with Crippen molar-refractivity contribution in [3.8, 4) is 6.07 Å². The Hall–Kier alpha value is -2.80. The van der Waals surface area contributed by atoms with Crippen LogP contribution < -0.4 is 5.32 Å². The Labute approximate surface area is 117 Å². The lowest BCUT2D eigenvalue weighted by Crippen LogP contribution is -2.05. The molecule has 3 aromatic rings. The van der Waals surface area contributed by atoms with Crippen LogP contribution in [0, 0.1) is 18.3 Å². The van der Waals surface area contributed by atoms with E-state index in [1.165, 1.54) is 0 Å². The minimum absolute atomic E-state index is 0.616. The van der Waals surface area contributed by atoms with Crippen molar-refractivity contribution in [2.45, 2.75) is 6.92 Å². The summed E-state index contributed by atoms with van der Waals surface area (Å²) in [6.07, 6.45) is 1.80. The monoisotopic (exact) mass is 262 g/mol. The number of nitriles is 1. The van der Waals surface area contributed by atoms with E-state index in [0.717, 1.165) is 22.4 Å². The lowest BCUT2D eigenvalue weighted by Gasteiger charge is -2.10. The van der Waals surface area contributed by atoms with Gasteiger partial charge < -0.3 is 5.32 Å². The van der Waals surface area contributed by atoms with E-state index >= 15 is 0 Å². The van der Waals surface area contributed by atoms with Crippen LogP contribution in [0.1, 0.15) is 11.1 Å². The summed E-state index contributed by atoms with van der Waals surface area (Å²) in [7, 11) is 0. The van der Waals surface area contributed by atoms with Crippen LogP contribution in [-0.2, 0) is 0 Å². The highest BCUT2D eigenvalue weighted by atomic mass is 15.1. The first-order valence-corrected chi connectivity index (χ1v) is 6.42. The van der Waals surface area contributed by atoms with E-state index in [1.54, 1.807) is 6.08 Å². The highest BCUT2D eigenvalue weighted by Gasteiger charge is 2.14. The number of rotatable bonds is 3. The standard InChI is InChI=1S/C16H14N4/c1-3-8-18-15-9-11(2)12(10-17)16-19-13-6-4-5-7-14(13)20(15)16/h3-7,9,18H,1,8H2,2H3. The fraction of sp³-hybridized carbons (Fsp3) is 0.125. The molecule has 0 atom stereocenters. The molecule has 0 bridgehead atoms. The highest BCUT2D eigenvalue weighted by molar-refractivity contribution is 5.85. The number of nitrogens with zero attached hydrogens (tertiary/aromatic N) is 3. The second-order valence-corrected chi connectivity index (χ2v) is 4.63. The van der Waals surface area contributed by atoms with Gasteiger partial charge in [0, 0.05) is 6.54 Å². The number of anilines is 1. The molecule has 4 nitrogen and oxygen atoms in total. The van der Waals surface area contributed by atoms with Crippen LogP contribution >= 0.6 is 0 Å². The third-order valence-corrected chi connectivity index (χ3v) is 3.31. The van der Waals surface area contributed by atoms with Crippen molar-refractivity contribution in [1.29, 1.82) is 5.26 Å². The Balaban J connectivity index is 2.44. The van der Waals surface area contributed by atoms with Gasteiger partial charge in [-0.25, -0.2) is 4.98 Å². The number of para-hydroxylation sites is 2. The number of hydrogen-bond donors (Lipinski definition) is 1. The van der Waals surface area contributed by atoms with E-state index in [0.29, 0.717) is 17.8 Å². The van der Waals surface area contributed by atoms with Gasteiger partial charge in [-0.3, -0.25) is 4.40 Å². The normalized spacial score (nSPS) is 10.6. The molecule has 0 saturated heterocycles. The molecule has 0 aliphatic carbocycles. The summed E-state index contributed by atoms with van der Waals surface area (Å²) >= 11 is 0. The van der Waals surface area contributed by atoms with Gasteiger partial charge in [-0.05, 0) is 30.7 Å². The topological polar surface area (TPSA) is 53.1 Å². The molecular formula is C16H14N4. The summed E-state index contributed by atoms with van der Waals surface area (Å²) in [5.41, 5.74) is 4.11. The van der Waals surface area contributed by atoms with E-state index in [-0.39, 0.29) is 0 Å². The van der Waals surface area contributed by atoms with Crippen LogP contribution in [0.25, 0.3) is 16.7 Å². The molecule has 98 valence electrons. The second kappa shape index (κ2) is 4.71.